The molecular formula is C14H20N2O. The largest absolute Gasteiger partial charge is 0.476 e. The molecule has 2 rings (SSSR count). The number of aromatic nitrogens is 1. The van der Waals surface area contributed by atoms with Gasteiger partial charge in [0, 0.05) is 6.20 Å². The number of allylic oxidation sites excluding steroid dienone is 2. The number of nitrogens with zero attached hydrogens (tertiary/aromatic N) is 1. The molecule has 1 aromatic heterocycles. The molecule has 0 saturated carbocycles. The topological polar surface area (TPSA) is 48.1 Å². The minimum Gasteiger partial charge on any atom is -0.476 e. The summed E-state index contributed by atoms with van der Waals surface area (Å²) in [5.41, 5.74) is 7.61. The van der Waals surface area contributed by atoms with E-state index in [9.17, 15) is 0 Å². The van der Waals surface area contributed by atoms with Gasteiger partial charge in [0.2, 0.25) is 5.88 Å². The van der Waals surface area contributed by atoms with Gasteiger partial charge in [0.1, 0.15) is 0 Å². The van der Waals surface area contributed by atoms with E-state index in [1.807, 2.05) is 13.0 Å². The summed E-state index contributed by atoms with van der Waals surface area (Å²) in [5, 5.41) is 0. The van der Waals surface area contributed by atoms with Crippen molar-refractivity contribution >= 4 is 5.69 Å². The van der Waals surface area contributed by atoms with Crippen molar-refractivity contribution in [2.45, 2.75) is 26.7 Å². The van der Waals surface area contributed by atoms with Crippen LogP contribution in [0.4, 0.5) is 5.69 Å². The van der Waals surface area contributed by atoms with Crippen molar-refractivity contribution in [1.29, 1.82) is 0 Å². The van der Waals surface area contributed by atoms with Gasteiger partial charge in [-0.1, -0.05) is 19.1 Å². The fourth-order valence-corrected chi connectivity index (χ4v) is 2.08. The first-order chi connectivity index (χ1) is 8.18. The van der Waals surface area contributed by atoms with Gasteiger partial charge < -0.3 is 10.5 Å². The van der Waals surface area contributed by atoms with Gasteiger partial charge in [-0.2, -0.15) is 0 Å². The van der Waals surface area contributed by atoms with Crippen LogP contribution >= 0.6 is 0 Å². The third-order valence-corrected chi connectivity index (χ3v) is 3.52. The van der Waals surface area contributed by atoms with Crippen molar-refractivity contribution in [3.05, 3.63) is 30.0 Å². The van der Waals surface area contributed by atoms with Crippen molar-refractivity contribution in [3.8, 4) is 5.88 Å². The normalized spacial score (nSPS) is 23.6. The Bertz CT molecular complexity index is 415. The van der Waals surface area contributed by atoms with Gasteiger partial charge in [0.15, 0.2) is 0 Å². The predicted octanol–water partition coefficient (Wildman–Crippen LogP) is 2.95. The number of rotatable bonds is 3. The minimum absolute atomic E-state index is 0.571. The zero-order valence-corrected chi connectivity index (χ0v) is 10.5. The Balaban J connectivity index is 1.98. The first kappa shape index (κ1) is 12.0. The summed E-state index contributed by atoms with van der Waals surface area (Å²) < 4.78 is 5.76. The number of hydrogen-bond acceptors (Lipinski definition) is 3. The van der Waals surface area contributed by atoms with E-state index in [1.54, 1.807) is 6.20 Å². The smallest absolute Gasteiger partial charge is 0.237 e. The number of anilines is 1. The van der Waals surface area contributed by atoms with Crippen LogP contribution in [0.2, 0.25) is 0 Å². The molecular weight excluding hydrogens is 212 g/mol. The van der Waals surface area contributed by atoms with Crippen LogP contribution in [0.3, 0.4) is 0 Å². The molecule has 0 saturated heterocycles. The van der Waals surface area contributed by atoms with Gasteiger partial charge in [-0.15, -0.1) is 0 Å². The van der Waals surface area contributed by atoms with Crippen LogP contribution in [-0.4, -0.2) is 11.6 Å². The molecule has 3 nitrogen and oxygen atoms in total. The summed E-state index contributed by atoms with van der Waals surface area (Å²) >= 11 is 0. The highest BCUT2D eigenvalue weighted by Crippen LogP contribution is 2.27. The maximum absolute atomic E-state index is 5.93. The van der Waals surface area contributed by atoms with E-state index in [4.69, 9.17) is 10.5 Å². The summed E-state index contributed by atoms with van der Waals surface area (Å²) in [7, 11) is 0. The quantitative estimate of drug-likeness (QED) is 0.815. The van der Waals surface area contributed by atoms with E-state index < -0.39 is 0 Å². The number of aryl methyl sites for hydroxylation is 1. The number of nitrogens with two attached hydrogens (primary N) is 1. The van der Waals surface area contributed by atoms with Crippen LogP contribution in [-0.2, 0) is 0 Å². The molecule has 1 aromatic rings. The van der Waals surface area contributed by atoms with E-state index in [0.29, 0.717) is 30.0 Å². The van der Waals surface area contributed by atoms with Crippen LogP contribution in [0.5, 0.6) is 5.88 Å². The maximum atomic E-state index is 5.93. The third kappa shape index (κ3) is 2.78. The lowest BCUT2D eigenvalue weighted by Crippen LogP contribution is -2.21. The fraction of sp³-hybridized carbons (Fsp3) is 0.500. The summed E-state index contributed by atoms with van der Waals surface area (Å²) in [6, 6.07) is 1.90. The average molecular weight is 232 g/mol. The highest BCUT2D eigenvalue weighted by atomic mass is 16.5. The van der Waals surface area contributed by atoms with Crippen LogP contribution in [0.15, 0.2) is 24.4 Å². The van der Waals surface area contributed by atoms with E-state index >= 15 is 0 Å². The van der Waals surface area contributed by atoms with Gasteiger partial charge in [0.05, 0.1) is 12.3 Å². The molecule has 92 valence electrons. The van der Waals surface area contributed by atoms with E-state index in [2.05, 4.69) is 24.1 Å². The standard InChI is InChI=1S/C14H20N2O/c1-10-5-3-4-6-12(10)9-17-14-13(15)11(2)7-8-16-14/h3-4,7-8,10,12H,5-6,9,15H2,1-2H3. The lowest BCUT2D eigenvalue weighted by atomic mass is 9.85. The Hall–Kier alpha value is -1.51. The fourth-order valence-electron chi connectivity index (χ4n) is 2.08. The molecule has 0 bridgehead atoms. The molecule has 2 N–H and O–H groups in total. The molecule has 0 fully saturated rings. The molecule has 1 aliphatic rings. The molecule has 2 atom stereocenters. The third-order valence-electron chi connectivity index (χ3n) is 3.52. The van der Waals surface area contributed by atoms with Gasteiger partial charge in [-0.05, 0) is 43.2 Å². The van der Waals surface area contributed by atoms with Crippen LogP contribution in [0.25, 0.3) is 0 Å². The predicted molar refractivity (Wildman–Crippen MR) is 69.9 cm³/mol. The Kier molecular flexibility index (Phi) is 3.67. The second-order valence-corrected chi connectivity index (χ2v) is 4.84. The Morgan fingerprint density at radius 3 is 2.94 bits per heavy atom. The van der Waals surface area contributed by atoms with E-state index in [-0.39, 0.29) is 0 Å². The average Bonchev–Trinajstić information content (AvgIpc) is 2.33. The minimum atomic E-state index is 0.571. The maximum Gasteiger partial charge on any atom is 0.237 e. The Labute approximate surface area is 103 Å². The van der Waals surface area contributed by atoms with Gasteiger partial charge >= 0.3 is 0 Å². The van der Waals surface area contributed by atoms with Crippen molar-refractivity contribution in [1.82, 2.24) is 4.98 Å². The molecule has 0 amide bonds. The van der Waals surface area contributed by atoms with Crippen molar-refractivity contribution in [3.63, 3.8) is 0 Å². The lowest BCUT2D eigenvalue weighted by Gasteiger charge is -2.25. The van der Waals surface area contributed by atoms with E-state index in [0.717, 1.165) is 18.4 Å². The molecule has 0 aliphatic heterocycles. The van der Waals surface area contributed by atoms with Crippen LogP contribution in [0.1, 0.15) is 25.3 Å². The van der Waals surface area contributed by atoms with Gasteiger partial charge in [-0.25, -0.2) is 4.98 Å². The summed E-state index contributed by atoms with van der Waals surface area (Å²) in [4.78, 5) is 4.18. The second-order valence-electron chi connectivity index (χ2n) is 4.84. The van der Waals surface area contributed by atoms with E-state index in [1.165, 1.54) is 0 Å². The molecule has 0 aromatic carbocycles. The highest BCUT2D eigenvalue weighted by Gasteiger charge is 2.19. The molecule has 1 aliphatic carbocycles. The first-order valence-corrected chi connectivity index (χ1v) is 6.17. The zero-order valence-electron chi connectivity index (χ0n) is 10.5. The SMILES string of the molecule is Cc1ccnc(OCC2CC=CCC2C)c1N. The summed E-state index contributed by atoms with van der Waals surface area (Å²) in [6.07, 6.45) is 8.46. The zero-order chi connectivity index (χ0) is 12.3. The number of hydrogen-bond donors (Lipinski definition) is 1. The lowest BCUT2D eigenvalue weighted by molar-refractivity contribution is 0.193. The molecule has 17 heavy (non-hydrogen) atoms. The van der Waals surface area contributed by atoms with Crippen LogP contribution in [0, 0.1) is 18.8 Å². The Morgan fingerprint density at radius 2 is 2.18 bits per heavy atom. The highest BCUT2D eigenvalue weighted by molar-refractivity contribution is 5.53. The van der Waals surface area contributed by atoms with Crippen molar-refractivity contribution < 1.29 is 4.74 Å². The van der Waals surface area contributed by atoms with Gasteiger partial charge in [0.25, 0.3) is 0 Å². The second kappa shape index (κ2) is 5.21. The summed E-state index contributed by atoms with van der Waals surface area (Å²) in [6.45, 7) is 4.94. The van der Waals surface area contributed by atoms with Crippen molar-refractivity contribution in [2.75, 3.05) is 12.3 Å². The van der Waals surface area contributed by atoms with Crippen molar-refractivity contribution in [2.24, 2.45) is 11.8 Å². The first-order valence-electron chi connectivity index (χ1n) is 6.17. The molecule has 1 heterocycles. The number of pyridine rings is 1. The molecule has 3 heteroatoms. The summed E-state index contributed by atoms with van der Waals surface area (Å²) in [5.74, 6) is 1.82. The van der Waals surface area contributed by atoms with Gasteiger partial charge in [-0.3, -0.25) is 0 Å². The van der Waals surface area contributed by atoms with Crippen LogP contribution < -0.4 is 10.5 Å². The Morgan fingerprint density at radius 1 is 1.41 bits per heavy atom. The monoisotopic (exact) mass is 232 g/mol. The molecule has 0 spiro atoms. The number of ether oxygens (including phenoxy) is 1. The molecule has 2 unspecified atom stereocenters. The molecule has 0 radical (unpaired) electrons. The number of nitrogen functional groups attached to an aromatic ring is 1.